The van der Waals surface area contributed by atoms with Crippen LogP contribution in [-0.4, -0.2) is 5.11 Å². The molecule has 0 saturated heterocycles. The maximum absolute atomic E-state index is 8.83. The minimum absolute atomic E-state index is 0.497. The fourth-order valence-electron chi connectivity index (χ4n) is 1.08. The first-order valence-electron chi connectivity index (χ1n) is 4.55. The van der Waals surface area contributed by atoms with Crippen LogP contribution in [0.5, 0.6) is 0 Å². The average molecular weight is 156 g/mol. The van der Waals surface area contributed by atoms with Crippen molar-refractivity contribution in [3.63, 3.8) is 0 Å². The van der Waals surface area contributed by atoms with E-state index in [0.29, 0.717) is 5.92 Å². The standard InChI is InChI=1S/C10H20O/c1-4-5-6-7-10(8-11)9(2)3/h8-9,11H,4-7H2,1-3H3/b10-8-. The molecule has 0 aromatic carbocycles. The van der Waals surface area contributed by atoms with Gasteiger partial charge in [0.1, 0.15) is 0 Å². The van der Waals surface area contributed by atoms with E-state index in [1.807, 2.05) is 0 Å². The summed E-state index contributed by atoms with van der Waals surface area (Å²) in [6, 6.07) is 0. The lowest BCUT2D eigenvalue weighted by Gasteiger charge is -2.08. The molecule has 0 aliphatic heterocycles. The highest BCUT2D eigenvalue weighted by atomic mass is 16.2. The van der Waals surface area contributed by atoms with Gasteiger partial charge in [0, 0.05) is 0 Å². The maximum Gasteiger partial charge on any atom is 0.0786 e. The van der Waals surface area contributed by atoms with Crippen molar-refractivity contribution < 1.29 is 5.11 Å². The predicted octanol–water partition coefficient (Wildman–Crippen LogP) is 3.66. The molecule has 0 unspecified atom stereocenters. The van der Waals surface area contributed by atoms with Crippen LogP contribution in [0.2, 0.25) is 0 Å². The first-order valence-corrected chi connectivity index (χ1v) is 4.55. The Bertz CT molecular complexity index is 114. The Hall–Kier alpha value is -0.460. The molecule has 0 aromatic heterocycles. The number of unbranched alkanes of at least 4 members (excludes halogenated alkanes) is 2. The predicted molar refractivity (Wildman–Crippen MR) is 49.7 cm³/mol. The number of hydrogen-bond donors (Lipinski definition) is 1. The number of aliphatic hydroxyl groups excluding tert-OH is 1. The van der Waals surface area contributed by atoms with Gasteiger partial charge in [-0.15, -0.1) is 0 Å². The molecule has 1 heteroatoms. The molecule has 0 aliphatic rings. The van der Waals surface area contributed by atoms with E-state index in [1.54, 1.807) is 0 Å². The Morgan fingerprint density at radius 3 is 2.36 bits per heavy atom. The number of aliphatic hydroxyl groups is 1. The molecule has 0 bridgehead atoms. The van der Waals surface area contributed by atoms with E-state index in [4.69, 9.17) is 5.11 Å². The molecule has 0 heterocycles. The van der Waals surface area contributed by atoms with Gasteiger partial charge in [-0.25, -0.2) is 0 Å². The van der Waals surface area contributed by atoms with Crippen molar-refractivity contribution in [3.8, 4) is 0 Å². The fourth-order valence-corrected chi connectivity index (χ4v) is 1.08. The fraction of sp³-hybridized carbons (Fsp3) is 0.800. The highest BCUT2D eigenvalue weighted by molar-refractivity contribution is 4.99. The van der Waals surface area contributed by atoms with E-state index in [-0.39, 0.29) is 0 Å². The lowest BCUT2D eigenvalue weighted by Crippen LogP contribution is -1.94. The minimum atomic E-state index is 0.497. The summed E-state index contributed by atoms with van der Waals surface area (Å²) in [6.07, 6.45) is 6.06. The molecule has 0 radical (unpaired) electrons. The Balaban J connectivity index is 3.54. The van der Waals surface area contributed by atoms with Gasteiger partial charge in [-0.3, -0.25) is 0 Å². The molecule has 0 aliphatic carbocycles. The van der Waals surface area contributed by atoms with Crippen LogP contribution in [0, 0.1) is 5.92 Å². The molecule has 0 atom stereocenters. The molecule has 0 rings (SSSR count). The molecule has 1 N–H and O–H groups in total. The zero-order chi connectivity index (χ0) is 8.69. The topological polar surface area (TPSA) is 20.2 Å². The van der Waals surface area contributed by atoms with E-state index in [2.05, 4.69) is 20.8 Å². The smallest absolute Gasteiger partial charge is 0.0786 e. The summed E-state index contributed by atoms with van der Waals surface area (Å²) < 4.78 is 0. The normalized spacial score (nSPS) is 12.5. The van der Waals surface area contributed by atoms with Crippen LogP contribution in [0.25, 0.3) is 0 Å². The third-order valence-electron chi connectivity index (χ3n) is 1.98. The number of rotatable bonds is 5. The molecule has 1 nitrogen and oxygen atoms in total. The van der Waals surface area contributed by atoms with E-state index in [9.17, 15) is 0 Å². The minimum Gasteiger partial charge on any atom is -0.516 e. The van der Waals surface area contributed by atoms with Crippen LogP contribution in [0.3, 0.4) is 0 Å². The van der Waals surface area contributed by atoms with Gasteiger partial charge in [0.2, 0.25) is 0 Å². The largest absolute Gasteiger partial charge is 0.516 e. The summed E-state index contributed by atoms with van der Waals surface area (Å²) in [4.78, 5) is 0. The van der Waals surface area contributed by atoms with Crippen LogP contribution in [0.15, 0.2) is 11.8 Å². The van der Waals surface area contributed by atoms with Crippen LogP contribution in [0.1, 0.15) is 46.5 Å². The third-order valence-corrected chi connectivity index (χ3v) is 1.98. The van der Waals surface area contributed by atoms with E-state index < -0.39 is 0 Å². The average Bonchev–Trinajstić information content (AvgIpc) is 1.97. The Morgan fingerprint density at radius 2 is 2.00 bits per heavy atom. The van der Waals surface area contributed by atoms with Gasteiger partial charge >= 0.3 is 0 Å². The van der Waals surface area contributed by atoms with Gasteiger partial charge in [-0.05, 0) is 24.3 Å². The van der Waals surface area contributed by atoms with Gasteiger partial charge in [0.05, 0.1) is 6.26 Å². The summed E-state index contributed by atoms with van der Waals surface area (Å²) in [6.45, 7) is 6.43. The molecule has 0 aromatic rings. The second-order valence-electron chi connectivity index (χ2n) is 3.32. The Kier molecular flexibility index (Phi) is 6.00. The van der Waals surface area contributed by atoms with Crippen LogP contribution in [-0.2, 0) is 0 Å². The quantitative estimate of drug-likeness (QED) is 0.475. The molecule has 0 saturated carbocycles. The molecular formula is C10H20O. The second-order valence-corrected chi connectivity index (χ2v) is 3.32. The molecular weight excluding hydrogens is 136 g/mol. The maximum atomic E-state index is 8.83. The Morgan fingerprint density at radius 1 is 1.36 bits per heavy atom. The summed E-state index contributed by atoms with van der Waals surface area (Å²) >= 11 is 0. The van der Waals surface area contributed by atoms with Gasteiger partial charge in [-0.1, -0.05) is 33.6 Å². The van der Waals surface area contributed by atoms with E-state index in [1.165, 1.54) is 31.1 Å². The van der Waals surface area contributed by atoms with E-state index >= 15 is 0 Å². The van der Waals surface area contributed by atoms with Crippen molar-refractivity contribution in [1.29, 1.82) is 0 Å². The number of hydrogen-bond acceptors (Lipinski definition) is 1. The number of allylic oxidation sites excluding steroid dienone is 1. The van der Waals surface area contributed by atoms with Gasteiger partial charge in [-0.2, -0.15) is 0 Å². The van der Waals surface area contributed by atoms with E-state index in [0.717, 1.165) is 6.42 Å². The molecule has 11 heavy (non-hydrogen) atoms. The van der Waals surface area contributed by atoms with Crippen molar-refractivity contribution in [2.24, 2.45) is 5.92 Å². The van der Waals surface area contributed by atoms with Crippen LogP contribution in [0.4, 0.5) is 0 Å². The second kappa shape index (κ2) is 6.26. The molecule has 66 valence electrons. The summed E-state index contributed by atoms with van der Waals surface area (Å²) in [7, 11) is 0. The Labute approximate surface area is 70.1 Å². The van der Waals surface area contributed by atoms with Crippen LogP contribution < -0.4 is 0 Å². The van der Waals surface area contributed by atoms with Crippen molar-refractivity contribution in [3.05, 3.63) is 11.8 Å². The van der Waals surface area contributed by atoms with Crippen molar-refractivity contribution in [1.82, 2.24) is 0 Å². The third kappa shape index (κ3) is 4.88. The first-order chi connectivity index (χ1) is 5.22. The van der Waals surface area contributed by atoms with Crippen molar-refractivity contribution >= 4 is 0 Å². The highest BCUT2D eigenvalue weighted by Crippen LogP contribution is 2.16. The zero-order valence-electron chi connectivity index (χ0n) is 7.93. The molecule has 0 spiro atoms. The lowest BCUT2D eigenvalue weighted by atomic mass is 9.99. The monoisotopic (exact) mass is 156 g/mol. The lowest BCUT2D eigenvalue weighted by molar-refractivity contribution is 0.451. The summed E-state index contributed by atoms with van der Waals surface area (Å²) in [5, 5.41) is 8.83. The van der Waals surface area contributed by atoms with Gasteiger partial charge in [0.15, 0.2) is 0 Å². The first kappa shape index (κ1) is 10.5. The van der Waals surface area contributed by atoms with Crippen molar-refractivity contribution in [2.75, 3.05) is 0 Å². The van der Waals surface area contributed by atoms with Crippen LogP contribution >= 0.6 is 0 Å². The SMILES string of the molecule is CCCCC/C(=C/O)C(C)C. The highest BCUT2D eigenvalue weighted by Gasteiger charge is 2.01. The molecule has 0 fully saturated rings. The van der Waals surface area contributed by atoms with Gasteiger partial charge in [0.25, 0.3) is 0 Å². The van der Waals surface area contributed by atoms with Gasteiger partial charge < -0.3 is 5.11 Å². The zero-order valence-corrected chi connectivity index (χ0v) is 7.93. The summed E-state index contributed by atoms with van der Waals surface area (Å²) in [5.74, 6) is 0.497. The molecule has 0 amide bonds. The summed E-state index contributed by atoms with van der Waals surface area (Å²) in [5.41, 5.74) is 1.18. The van der Waals surface area contributed by atoms with Crippen molar-refractivity contribution in [2.45, 2.75) is 46.5 Å².